The Morgan fingerprint density at radius 2 is 1.89 bits per heavy atom. The van der Waals surface area contributed by atoms with Crippen LogP contribution in [0.3, 0.4) is 0 Å². The molecular formula is C19H22FN3O5. The molecule has 0 aliphatic carbocycles. The Balaban J connectivity index is 1.75. The lowest BCUT2D eigenvalue weighted by Gasteiger charge is -2.39. The first kappa shape index (κ1) is 19.8. The van der Waals surface area contributed by atoms with Crippen LogP contribution in [0.25, 0.3) is 0 Å². The Morgan fingerprint density at radius 1 is 1.21 bits per heavy atom. The zero-order chi connectivity index (χ0) is 20.5. The molecule has 2 heterocycles. The zero-order valence-electron chi connectivity index (χ0n) is 15.7. The van der Waals surface area contributed by atoms with Crippen molar-refractivity contribution in [2.75, 3.05) is 19.7 Å². The highest BCUT2D eigenvalue weighted by atomic mass is 19.1. The molecule has 28 heavy (non-hydrogen) atoms. The molecule has 1 N–H and O–H groups in total. The fraction of sp³-hybridized carbons (Fsp3) is 0.421. The van der Waals surface area contributed by atoms with Crippen molar-refractivity contribution < 1.29 is 19.0 Å². The summed E-state index contributed by atoms with van der Waals surface area (Å²) in [7, 11) is 2.76. The monoisotopic (exact) mass is 391 g/mol. The summed E-state index contributed by atoms with van der Waals surface area (Å²) in [5.41, 5.74) is -2.49. The van der Waals surface area contributed by atoms with Crippen LogP contribution in [0.4, 0.5) is 4.39 Å². The molecule has 1 fully saturated rings. The number of amides is 1. The Bertz CT molecular complexity index is 998. The number of aliphatic hydroxyl groups is 1. The van der Waals surface area contributed by atoms with Gasteiger partial charge >= 0.3 is 5.69 Å². The van der Waals surface area contributed by atoms with Crippen LogP contribution in [0.5, 0.6) is 5.75 Å². The molecule has 0 saturated carbocycles. The molecule has 1 amide bonds. The number of rotatable bonds is 4. The average Bonchev–Trinajstić information content (AvgIpc) is 2.68. The number of aromatic nitrogens is 2. The summed E-state index contributed by atoms with van der Waals surface area (Å²) in [5, 5.41) is 10.8. The van der Waals surface area contributed by atoms with E-state index in [0.717, 1.165) is 15.2 Å². The van der Waals surface area contributed by atoms with E-state index in [1.807, 2.05) is 0 Å². The van der Waals surface area contributed by atoms with Gasteiger partial charge in [0.25, 0.3) is 11.5 Å². The Hall–Kier alpha value is -2.94. The molecular weight excluding hydrogens is 369 g/mol. The molecule has 1 unspecified atom stereocenters. The molecule has 0 spiro atoms. The van der Waals surface area contributed by atoms with Gasteiger partial charge in [0.1, 0.15) is 29.5 Å². The Kier molecular flexibility index (Phi) is 5.37. The van der Waals surface area contributed by atoms with Crippen molar-refractivity contribution >= 4 is 5.91 Å². The fourth-order valence-corrected chi connectivity index (χ4v) is 3.25. The molecule has 8 nitrogen and oxygen atoms in total. The molecule has 1 aromatic carbocycles. The van der Waals surface area contributed by atoms with Crippen molar-refractivity contribution in [1.82, 2.24) is 14.0 Å². The third-order valence-corrected chi connectivity index (χ3v) is 4.91. The number of ether oxygens (including phenoxy) is 1. The lowest BCUT2D eigenvalue weighted by molar-refractivity contribution is -0.0534. The fourth-order valence-electron chi connectivity index (χ4n) is 3.25. The summed E-state index contributed by atoms with van der Waals surface area (Å²) < 4.78 is 20.6. The third-order valence-electron chi connectivity index (χ3n) is 4.91. The number of piperidine rings is 1. The van der Waals surface area contributed by atoms with Crippen LogP contribution in [-0.4, -0.2) is 50.3 Å². The van der Waals surface area contributed by atoms with Gasteiger partial charge in [0, 0.05) is 26.7 Å². The van der Waals surface area contributed by atoms with Crippen LogP contribution < -0.4 is 16.0 Å². The summed E-state index contributed by atoms with van der Waals surface area (Å²) in [4.78, 5) is 38.2. The minimum Gasteiger partial charge on any atom is -0.491 e. The SMILES string of the molecule is Cn1c(C(=O)N2CCCC(O)(COc3ccc(F)cc3)C2)cc(=O)n(C)c1=O. The molecule has 1 saturated heterocycles. The molecule has 1 atom stereocenters. The van der Waals surface area contributed by atoms with E-state index in [0.29, 0.717) is 25.1 Å². The summed E-state index contributed by atoms with van der Waals surface area (Å²) in [5.74, 6) is -0.482. The maximum absolute atomic E-state index is 13.0. The van der Waals surface area contributed by atoms with Gasteiger partial charge in [-0.15, -0.1) is 0 Å². The highest BCUT2D eigenvalue weighted by molar-refractivity contribution is 5.92. The maximum Gasteiger partial charge on any atom is 0.331 e. The van der Waals surface area contributed by atoms with Crippen molar-refractivity contribution in [2.45, 2.75) is 18.4 Å². The summed E-state index contributed by atoms with van der Waals surface area (Å²) in [6.07, 6.45) is 0.960. The molecule has 1 aromatic heterocycles. The highest BCUT2D eigenvalue weighted by Gasteiger charge is 2.37. The molecule has 2 aromatic rings. The molecule has 1 aliphatic rings. The summed E-state index contributed by atoms with van der Waals surface area (Å²) >= 11 is 0. The first-order chi connectivity index (χ1) is 13.2. The number of carbonyl (C=O) groups is 1. The first-order valence-corrected chi connectivity index (χ1v) is 8.87. The van der Waals surface area contributed by atoms with Gasteiger partial charge in [-0.2, -0.15) is 0 Å². The molecule has 0 bridgehead atoms. The van der Waals surface area contributed by atoms with E-state index in [9.17, 15) is 23.9 Å². The van der Waals surface area contributed by atoms with Gasteiger partial charge in [0.2, 0.25) is 0 Å². The van der Waals surface area contributed by atoms with Gasteiger partial charge in [-0.1, -0.05) is 0 Å². The van der Waals surface area contributed by atoms with E-state index in [2.05, 4.69) is 0 Å². The quantitative estimate of drug-likeness (QED) is 0.808. The number of halogens is 1. The molecule has 150 valence electrons. The predicted molar refractivity (Wildman–Crippen MR) is 98.9 cm³/mol. The molecule has 1 aliphatic heterocycles. The number of nitrogens with zero attached hydrogens (tertiary/aromatic N) is 3. The topological polar surface area (TPSA) is 93.8 Å². The van der Waals surface area contributed by atoms with E-state index in [-0.39, 0.29) is 24.7 Å². The van der Waals surface area contributed by atoms with Gasteiger partial charge in [0.15, 0.2) is 0 Å². The smallest absolute Gasteiger partial charge is 0.331 e. The normalized spacial score (nSPS) is 19.5. The van der Waals surface area contributed by atoms with Gasteiger partial charge < -0.3 is 14.7 Å². The second kappa shape index (κ2) is 7.59. The molecule has 0 radical (unpaired) electrons. The first-order valence-electron chi connectivity index (χ1n) is 8.87. The van der Waals surface area contributed by atoms with Crippen LogP contribution in [0, 0.1) is 5.82 Å². The van der Waals surface area contributed by atoms with Crippen molar-refractivity contribution in [3.63, 3.8) is 0 Å². The number of hydrogen-bond acceptors (Lipinski definition) is 5. The number of hydrogen-bond donors (Lipinski definition) is 1. The lowest BCUT2D eigenvalue weighted by atomic mass is 9.93. The van der Waals surface area contributed by atoms with Crippen LogP contribution in [0.15, 0.2) is 39.9 Å². The minimum absolute atomic E-state index is 0.00354. The van der Waals surface area contributed by atoms with Crippen molar-refractivity contribution in [3.05, 3.63) is 62.7 Å². The maximum atomic E-state index is 13.0. The minimum atomic E-state index is -1.29. The van der Waals surface area contributed by atoms with E-state index in [4.69, 9.17) is 4.74 Å². The van der Waals surface area contributed by atoms with E-state index < -0.39 is 22.8 Å². The highest BCUT2D eigenvalue weighted by Crippen LogP contribution is 2.24. The van der Waals surface area contributed by atoms with Crippen molar-refractivity contribution in [1.29, 1.82) is 0 Å². The van der Waals surface area contributed by atoms with Crippen molar-refractivity contribution in [3.8, 4) is 5.75 Å². The van der Waals surface area contributed by atoms with Crippen LogP contribution in [-0.2, 0) is 14.1 Å². The zero-order valence-corrected chi connectivity index (χ0v) is 15.7. The second-order valence-corrected chi connectivity index (χ2v) is 7.07. The number of likely N-dealkylation sites (tertiary alicyclic amines) is 1. The van der Waals surface area contributed by atoms with Gasteiger partial charge in [-0.05, 0) is 37.1 Å². The Labute approximate surface area is 160 Å². The predicted octanol–water partition coefficient (Wildman–Crippen LogP) is 0.269. The second-order valence-electron chi connectivity index (χ2n) is 7.07. The van der Waals surface area contributed by atoms with Crippen molar-refractivity contribution in [2.24, 2.45) is 14.1 Å². The van der Waals surface area contributed by atoms with Crippen LogP contribution in [0.1, 0.15) is 23.3 Å². The standard InChI is InChI=1S/C19H22FN3O5/c1-21-15(10-16(24)22(2)18(21)26)17(25)23-9-3-8-19(27,11-23)12-28-14-6-4-13(20)5-7-14/h4-7,10,27H,3,8-9,11-12H2,1-2H3. The lowest BCUT2D eigenvalue weighted by Crippen LogP contribution is -2.54. The Morgan fingerprint density at radius 3 is 2.57 bits per heavy atom. The third kappa shape index (κ3) is 3.99. The number of benzene rings is 1. The van der Waals surface area contributed by atoms with Gasteiger partial charge in [-0.3, -0.25) is 18.7 Å². The van der Waals surface area contributed by atoms with Gasteiger partial charge in [-0.25, -0.2) is 9.18 Å². The molecule has 3 rings (SSSR count). The summed E-state index contributed by atoms with van der Waals surface area (Å²) in [6, 6.07) is 6.55. The average molecular weight is 391 g/mol. The van der Waals surface area contributed by atoms with E-state index in [1.54, 1.807) is 0 Å². The van der Waals surface area contributed by atoms with E-state index in [1.165, 1.54) is 43.3 Å². The molecule has 9 heteroatoms. The number of β-amino-alcohol motifs (C(OH)–C–C–N with tert-alkyl or cyclic N) is 1. The van der Waals surface area contributed by atoms with Crippen LogP contribution >= 0.6 is 0 Å². The summed E-state index contributed by atoms with van der Waals surface area (Å²) in [6.45, 7) is 0.315. The number of carbonyl (C=O) groups excluding carboxylic acids is 1. The van der Waals surface area contributed by atoms with Crippen LogP contribution in [0.2, 0.25) is 0 Å². The van der Waals surface area contributed by atoms with Gasteiger partial charge in [0.05, 0.1) is 6.54 Å². The largest absolute Gasteiger partial charge is 0.491 e. The van der Waals surface area contributed by atoms with E-state index >= 15 is 0 Å².